The smallest absolute Gasteiger partial charge is 0.150 e. The first-order valence-electron chi connectivity index (χ1n) is 6.80. The molecule has 0 unspecified atom stereocenters. The zero-order chi connectivity index (χ0) is 13.9. The van der Waals surface area contributed by atoms with E-state index in [0.29, 0.717) is 16.5 Å². The number of rotatable bonds is 2. The van der Waals surface area contributed by atoms with Crippen LogP contribution in [0.5, 0.6) is 0 Å². The van der Waals surface area contributed by atoms with Gasteiger partial charge in [0.2, 0.25) is 0 Å². The van der Waals surface area contributed by atoms with Crippen molar-refractivity contribution in [2.75, 3.05) is 18.0 Å². The number of nitriles is 1. The zero-order valence-electron chi connectivity index (χ0n) is 11.6. The fourth-order valence-electron chi connectivity index (χ4n) is 2.66. The number of carbonyl (C=O) groups excluding carboxylic acids is 1. The topological polar surface area (TPSA) is 44.1 Å². The van der Waals surface area contributed by atoms with Crippen molar-refractivity contribution >= 4 is 12.0 Å². The van der Waals surface area contributed by atoms with Gasteiger partial charge in [-0.3, -0.25) is 4.79 Å². The van der Waals surface area contributed by atoms with Gasteiger partial charge in [-0.05, 0) is 42.9 Å². The monoisotopic (exact) mass is 256 g/mol. The predicted molar refractivity (Wildman–Crippen MR) is 76.4 cm³/mol. The summed E-state index contributed by atoms with van der Waals surface area (Å²) >= 11 is 0. The molecule has 1 aromatic rings. The van der Waals surface area contributed by atoms with E-state index in [9.17, 15) is 10.1 Å². The molecule has 100 valence electrons. The fraction of sp³-hybridized carbons (Fsp3) is 0.500. The average molecular weight is 256 g/mol. The van der Waals surface area contributed by atoms with Crippen LogP contribution in [-0.4, -0.2) is 19.4 Å². The lowest BCUT2D eigenvalue weighted by atomic mass is 9.85. The fourth-order valence-corrected chi connectivity index (χ4v) is 2.66. The van der Waals surface area contributed by atoms with Crippen LogP contribution in [-0.2, 0) is 0 Å². The molecule has 2 rings (SSSR count). The molecule has 0 saturated carbocycles. The highest BCUT2D eigenvalue weighted by Crippen LogP contribution is 2.32. The summed E-state index contributed by atoms with van der Waals surface area (Å²) in [5.41, 5.74) is 2.51. The van der Waals surface area contributed by atoms with Crippen LogP contribution in [0.4, 0.5) is 5.69 Å². The molecular formula is C16H20N2O. The summed E-state index contributed by atoms with van der Waals surface area (Å²) in [5, 5.41) is 9.25. The Morgan fingerprint density at radius 2 is 2.11 bits per heavy atom. The van der Waals surface area contributed by atoms with Gasteiger partial charge < -0.3 is 4.90 Å². The average Bonchev–Trinajstić information content (AvgIpc) is 2.59. The van der Waals surface area contributed by atoms with Crippen molar-refractivity contribution in [2.24, 2.45) is 5.41 Å². The maximum Gasteiger partial charge on any atom is 0.150 e. The first-order valence-corrected chi connectivity index (χ1v) is 6.80. The summed E-state index contributed by atoms with van der Waals surface area (Å²) in [6, 6.07) is 7.58. The summed E-state index contributed by atoms with van der Waals surface area (Å²) in [6.45, 7) is 6.56. The van der Waals surface area contributed by atoms with Crippen molar-refractivity contribution in [2.45, 2.75) is 33.1 Å². The minimum Gasteiger partial charge on any atom is -0.370 e. The summed E-state index contributed by atoms with van der Waals surface area (Å²) in [5.74, 6) is 0. The van der Waals surface area contributed by atoms with Crippen LogP contribution in [0.15, 0.2) is 18.2 Å². The van der Waals surface area contributed by atoms with Crippen LogP contribution in [0.1, 0.15) is 49.0 Å². The number of hydrogen-bond donors (Lipinski definition) is 0. The van der Waals surface area contributed by atoms with E-state index in [1.807, 2.05) is 6.07 Å². The van der Waals surface area contributed by atoms with E-state index in [4.69, 9.17) is 0 Å². The van der Waals surface area contributed by atoms with E-state index < -0.39 is 0 Å². The van der Waals surface area contributed by atoms with Gasteiger partial charge in [-0.25, -0.2) is 0 Å². The van der Waals surface area contributed by atoms with E-state index >= 15 is 0 Å². The molecule has 1 fully saturated rings. The van der Waals surface area contributed by atoms with Gasteiger partial charge in [0.15, 0.2) is 0 Å². The Morgan fingerprint density at radius 1 is 1.32 bits per heavy atom. The second kappa shape index (κ2) is 5.44. The zero-order valence-corrected chi connectivity index (χ0v) is 11.6. The Bertz CT molecular complexity index is 514. The molecule has 0 atom stereocenters. The molecule has 3 heteroatoms. The first kappa shape index (κ1) is 13.6. The van der Waals surface area contributed by atoms with Gasteiger partial charge in [0.1, 0.15) is 12.4 Å². The molecule has 0 amide bonds. The molecule has 1 aliphatic rings. The molecule has 1 heterocycles. The minimum absolute atomic E-state index is 0.379. The molecule has 0 spiro atoms. The van der Waals surface area contributed by atoms with Gasteiger partial charge in [0.25, 0.3) is 0 Å². The van der Waals surface area contributed by atoms with Gasteiger partial charge in [-0.1, -0.05) is 13.8 Å². The molecule has 19 heavy (non-hydrogen) atoms. The summed E-state index contributed by atoms with van der Waals surface area (Å²) in [4.78, 5) is 13.1. The summed E-state index contributed by atoms with van der Waals surface area (Å²) < 4.78 is 0. The van der Waals surface area contributed by atoms with Crippen molar-refractivity contribution in [1.82, 2.24) is 0 Å². The highest BCUT2D eigenvalue weighted by molar-refractivity contribution is 5.78. The predicted octanol–water partition coefficient (Wildman–Crippen LogP) is 3.39. The number of nitrogens with zero attached hydrogens (tertiary/aromatic N) is 2. The molecule has 3 nitrogen and oxygen atoms in total. The number of benzene rings is 1. The van der Waals surface area contributed by atoms with Gasteiger partial charge in [-0.2, -0.15) is 5.26 Å². The minimum atomic E-state index is 0.379. The number of aldehydes is 1. The van der Waals surface area contributed by atoms with Crippen LogP contribution in [0, 0.1) is 16.7 Å². The third-order valence-electron chi connectivity index (χ3n) is 3.96. The Morgan fingerprint density at radius 3 is 2.79 bits per heavy atom. The van der Waals surface area contributed by atoms with E-state index in [0.717, 1.165) is 37.9 Å². The SMILES string of the molecule is CC1(C)CCCN(c2ccc(C=O)cc2C#N)CC1. The molecule has 0 bridgehead atoms. The van der Waals surface area contributed by atoms with E-state index in [1.54, 1.807) is 12.1 Å². The molecule has 0 radical (unpaired) electrons. The lowest BCUT2D eigenvalue weighted by molar-refractivity contribution is 0.112. The summed E-state index contributed by atoms with van der Waals surface area (Å²) in [7, 11) is 0. The maximum atomic E-state index is 10.8. The Balaban J connectivity index is 2.27. The molecule has 1 aliphatic heterocycles. The van der Waals surface area contributed by atoms with E-state index in [1.165, 1.54) is 6.42 Å². The summed E-state index contributed by atoms with van der Waals surface area (Å²) in [6.07, 6.45) is 4.29. The quantitative estimate of drug-likeness (QED) is 0.762. The maximum absolute atomic E-state index is 10.8. The Kier molecular flexibility index (Phi) is 3.90. The van der Waals surface area contributed by atoms with Crippen molar-refractivity contribution < 1.29 is 4.79 Å². The molecular weight excluding hydrogens is 236 g/mol. The van der Waals surface area contributed by atoms with Crippen molar-refractivity contribution in [3.8, 4) is 6.07 Å². The van der Waals surface area contributed by atoms with Gasteiger partial charge in [0.05, 0.1) is 11.3 Å². The second-order valence-corrected chi connectivity index (χ2v) is 6.01. The van der Waals surface area contributed by atoms with Crippen molar-refractivity contribution in [1.29, 1.82) is 5.26 Å². The molecule has 0 aromatic heterocycles. The molecule has 1 aromatic carbocycles. The number of hydrogen-bond acceptors (Lipinski definition) is 3. The molecule has 1 saturated heterocycles. The van der Waals surface area contributed by atoms with E-state index in [-0.39, 0.29) is 0 Å². The van der Waals surface area contributed by atoms with Crippen LogP contribution < -0.4 is 4.90 Å². The van der Waals surface area contributed by atoms with Gasteiger partial charge in [0, 0.05) is 18.7 Å². The number of anilines is 1. The first-order chi connectivity index (χ1) is 9.05. The third kappa shape index (κ3) is 3.14. The van der Waals surface area contributed by atoms with Crippen LogP contribution in [0.2, 0.25) is 0 Å². The molecule has 0 N–H and O–H groups in total. The van der Waals surface area contributed by atoms with Crippen molar-refractivity contribution in [3.05, 3.63) is 29.3 Å². The van der Waals surface area contributed by atoms with Crippen molar-refractivity contribution in [3.63, 3.8) is 0 Å². The van der Waals surface area contributed by atoms with Crippen LogP contribution in [0.25, 0.3) is 0 Å². The lowest BCUT2D eigenvalue weighted by Gasteiger charge is -2.25. The molecule has 0 aliphatic carbocycles. The van der Waals surface area contributed by atoms with E-state index in [2.05, 4.69) is 24.8 Å². The second-order valence-electron chi connectivity index (χ2n) is 6.01. The van der Waals surface area contributed by atoms with Gasteiger partial charge >= 0.3 is 0 Å². The Labute approximate surface area is 114 Å². The largest absolute Gasteiger partial charge is 0.370 e. The standard InChI is InChI=1S/C16H20N2O/c1-16(2)6-3-8-18(9-7-16)15-5-4-13(12-19)10-14(15)11-17/h4-5,10,12H,3,6-9H2,1-2H3. The highest BCUT2D eigenvalue weighted by Gasteiger charge is 2.24. The Hall–Kier alpha value is -1.82. The van der Waals surface area contributed by atoms with Crippen LogP contribution in [0.3, 0.4) is 0 Å². The highest BCUT2D eigenvalue weighted by atomic mass is 16.1. The van der Waals surface area contributed by atoms with Crippen LogP contribution >= 0.6 is 0 Å². The lowest BCUT2D eigenvalue weighted by Crippen LogP contribution is -2.25. The van der Waals surface area contributed by atoms with Gasteiger partial charge in [-0.15, -0.1) is 0 Å². The normalized spacial score (nSPS) is 18.5. The number of carbonyl (C=O) groups is 1. The third-order valence-corrected chi connectivity index (χ3v) is 3.96.